The van der Waals surface area contributed by atoms with Crippen molar-refractivity contribution in [3.05, 3.63) is 35.5 Å². The summed E-state index contributed by atoms with van der Waals surface area (Å²) >= 11 is 0. The van der Waals surface area contributed by atoms with E-state index >= 15 is 0 Å². The van der Waals surface area contributed by atoms with E-state index in [1.165, 1.54) is 6.92 Å². The van der Waals surface area contributed by atoms with Crippen LogP contribution >= 0.6 is 0 Å². The van der Waals surface area contributed by atoms with Crippen molar-refractivity contribution in [1.29, 1.82) is 0 Å². The molecule has 2 atom stereocenters. The zero-order chi connectivity index (χ0) is 19.6. The van der Waals surface area contributed by atoms with Crippen LogP contribution in [0.3, 0.4) is 0 Å². The number of carboxylic acid groups (broad SMARTS) is 1. The minimum absolute atomic E-state index is 0.105. The van der Waals surface area contributed by atoms with Crippen LogP contribution in [0.2, 0.25) is 0 Å². The van der Waals surface area contributed by atoms with E-state index in [0.717, 1.165) is 19.3 Å². The number of aliphatic hydroxyl groups is 2. The van der Waals surface area contributed by atoms with Gasteiger partial charge < -0.3 is 20.1 Å². The normalized spacial score (nSPS) is 21.8. The molecule has 0 saturated carbocycles. The van der Waals surface area contributed by atoms with Gasteiger partial charge in [-0.05, 0) is 25.7 Å². The molecule has 0 aromatic carbocycles. The Labute approximate surface area is 154 Å². The van der Waals surface area contributed by atoms with Crippen LogP contribution < -0.4 is 0 Å². The third-order valence-corrected chi connectivity index (χ3v) is 4.20. The first-order valence-corrected chi connectivity index (χ1v) is 9.20. The summed E-state index contributed by atoms with van der Waals surface area (Å²) in [6.45, 7) is 3.49. The highest BCUT2D eigenvalue weighted by Crippen LogP contribution is 2.33. The largest absolute Gasteiger partial charge is 0.481 e. The van der Waals surface area contributed by atoms with Gasteiger partial charge in [0.25, 0.3) is 0 Å². The standard InChI is InChI=1S/C20H30O6/c1-3-4-7-10-15(21)13-14-17-16(19(24)26-20(17,2)25)11-8-5-6-9-12-18(22)23/h5,8,13-15,21,25H,3-4,6-7,9-12H2,1-2H3,(H,22,23)/t15-,20+/m0/s1. The summed E-state index contributed by atoms with van der Waals surface area (Å²) in [5.41, 5.74) is 0.703. The Balaban J connectivity index is 2.72. The van der Waals surface area contributed by atoms with E-state index in [1.807, 2.05) is 6.08 Å². The van der Waals surface area contributed by atoms with Crippen molar-refractivity contribution < 1.29 is 29.6 Å². The number of carboxylic acids is 1. The van der Waals surface area contributed by atoms with Gasteiger partial charge in [-0.15, -0.1) is 0 Å². The Kier molecular flexibility index (Phi) is 9.30. The van der Waals surface area contributed by atoms with E-state index in [2.05, 4.69) is 6.92 Å². The SMILES string of the molecule is CCCCC[C@H](O)C=CC1=C(CC=CCCCC(=O)O)C(=O)O[C@@]1(C)O. The summed E-state index contributed by atoms with van der Waals surface area (Å²) in [6, 6.07) is 0. The number of carbonyl (C=O) groups excluding carboxylic acids is 1. The molecule has 6 heteroatoms. The maximum atomic E-state index is 12.0. The van der Waals surface area contributed by atoms with E-state index in [1.54, 1.807) is 18.2 Å². The van der Waals surface area contributed by atoms with Crippen LogP contribution in [0.25, 0.3) is 0 Å². The molecule has 0 aliphatic carbocycles. The zero-order valence-corrected chi connectivity index (χ0v) is 15.6. The van der Waals surface area contributed by atoms with Crippen molar-refractivity contribution >= 4 is 11.9 Å². The Hall–Kier alpha value is -1.92. The van der Waals surface area contributed by atoms with Crippen LogP contribution in [0.15, 0.2) is 35.5 Å². The summed E-state index contributed by atoms with van der Waals surface area (Å²) in [6.07, 6.45) is 11.3. The number of aliphatic hydroxyl groups excluding tert-OH is 1. The van der Waals surface area contributed by atoms with Crippen molar-refractivity contribution in [2.75, 3.05) is 0 Å². The number of carbonyl (C=O) groups is 2. The van der Waals surface area contributed by atoms with E-state index < -0.39 is 23.8 Å². The molecule has 1 aliphatic heterocycles. The quantitative estimate of drug-likeness (QED) is 0.278. The van der Waals surface area contributed by atoms with Crippen LogP contribution in [-0.2, 0) is 14.3 Å². The molecule has 3 N–H and O–H groups in total. The van der Waals surface area contributed by atoms with Crippen molar-refractivity contribution in [2.24, 2.45) is 0 Å². The van der Waals surface area contributed by atoms with E-state index in [-0.39, 0.29) is 12.8 Å². The van der Waals surface area contributed by atoms with Gasteiger partial charge in [0.2, 0.25) is 5.79 Å². The van der Waals surface area contributed by atoms with Crippen LogP contribution in [0.4, 0.5) is 0 Å². The van der Waals surface area contributed by atoms with Crippen molar-refractivity contribution in [2.45, 2.75) is 77.1 Å². The maximum Gasteiger partial charge on any atom is 0.337 e. The second kappa shape index (κ2) is 10.9. The molecule has 1 rings (SSSR count). The van der Waals surface area contributed by atoms with Crippen LogP contribution in [0, 0.1) is 0 Å². The Morgan fingerprint density at radius 2 is 2.00 bits per heavy atom. The fourth-order valence-electron chi connectivity index (χ4n) is 2.73. The lowest BCUT2D eigenvalue weighted by molar-refractivity contribution is -0.174. The smallest absolute Gasteiger partial charge is 0.337 e. The molecule has 146 valence electrons. The topological polar surface area (TPSA) is 104 Å². The number of aliphatic carboxylic acids is 1. The van der Waals surface area contributed by atoms with Gasteiger partial charge in [0.1, 0.15) is 0 Å². The molecule has 26 heavy (non-hydrogen) atoms. The average Bonchev–Trinajstić information content (AvgIpc) is 2.77. The molecular weight excluding hydrogens is 336 g/mol. The van der Waals surface area contributed by atoms with Gasteiger partial charge in [0, 0.05) is 18.9 Å². The number of hydrogen-bond donors (Lipinski definition) is 3. The lowest BCUT2D eigenvalue weighted by Gasteiger charge is -2.17. The molecule has 0 fully saturated rings. The van der Waals surface area contributed by atoms with Gasteiger partial charge in [-0.25, -0.2) is 4.79 Å². The number of unbranched alkanes of at least 4 members (excludes halogenated alkanes) is 3. The number of allylic oxidation sites excluding steroid dienone is 2. The summed E-state index contributed by atoms with van der Waals surface area (Å²) in [5, 5.41) is 28.9. The van der Waals surface area contributed by atoms with E-state index in [9.17, 15) is 19.8 Å². The van der Waals surface area contributed by atoms with Gasteiger partial charge >= 0.3 is 11.9 Å². The summed E-state index contributed by atoms with van der Waals surface area (Å²) < 4.78 is 5.01. The summed E-state index contributed by atoms with van der Waals surface area (Å²) in [7, 11) is 0. The summed E-state index contributed by atoms with van der Waals surface area (Å²) in [4.78, 5) is 22.5. The first-order valence-electron chi connectivity index (χ1n) is 9.20. The molecule has 0 bridgehead atoms. The van der Waals surface area contributed by atoms with Crippen LogP contribution in [-0.4, -0.2) is 39.1 Å². The zero-order valence-electron chi connectivity index (χ0n) is 15.6. The molecule has 0 saturated heterocycles. The fraction of sp³-hybridized carbons (Fsp3) is 0.600. The Bertz CT molecular complexity index is 571. The first-order chi connectivity index (χ1) is 12.3. The van der Waals surface area contributed by atoms with Gasteiger partial charge in [-0.3, -0.25) is 4.79 Å². The first kappa shape index (κ1) is 22.1. The lowest BCUT2D eigenvalue weighted by Crippen LogP contribution is -2.26. The molecular formula is C20H30O6. The van der Waals surface area contributed by atoms with Crippen LogP contribution in [0.5, 0.6) is 0 Å². The summed E-state index contributed by atoms with van der Waals surface area (Å²) in [5.74, 6) is -3.12. The highest BCUT2D eigenvalue weighted by molar-refractivity contribution is 5.93. The number of ether oxygens (including phenoxy) is 1. The number of cyclic esters (lactones) is 1. The Morgan fingerprint density at radius 3 is 2.65 bits per heavy atom. The van der Waals surface area contributed by atoms with Crippen molar-refractivity contribution in [3.8, 4) is 0 Å². The minimum Gasteiger partial charge on any atom is -0.481 e. The van der Waals surface area contributed by atoms with Gasteiger partial charge in [-0.2, -0.15) is 0 Å². The molecule has 0 spiro atoms. The number of esters is 1. The third-order valence-electron chi connectivity index (χ3n) is 4.20. The lowest BCUT2D eigenvalue weighted by atomic mass is 9.99. The molecule has 0 aromatic rings. The van der Waals surface area contributed by atoms with Gasteiger partial charge in [0.15, 0.2) is 0 Å². The molecule has 6 nitrogen and oxygen atoms in total. The van der Waals surface area contributed by atoms with E-state index in [4.69, 9.17) is 9.84 Å². The fourth-order valence-corrected chi connectivity index (χ4v) is 2.73. The molecule has 1 heterocycles. The van der Waals surface area contributed by atoms with Crippen molar-refractivity contribution in [3.63, 3.8) is 0 Å². The van der Waals surface area contributed by atoms with Gasteiger partial charge in [-0.1, -0.05) is 50.5 Å². The minimum atomic E-state index is -1.71. The number of rotatable bonds is 12. The Morgan fingerprint density at radius 1 is 1.27 bits per heavy atom. The predicted octanol–water partition coefficient (Wildman–Crippen LogP) is 3.25. The second-order valence-electron chi connectivity index (χ2n) is 6.65. The molecule has 0 radical (unpaired) electrons. The highest BCUT2D eigenvalue weighted by atomic mass is 16.7. The third kappa shape index (κ3) is 7.54. The highest BCUT2D eigenvalue weighted by Gasteiger charge is 2.40. The van der Waals surface area contributed by atoms with Crippen molar-refractivity contribution in [1.82, 2.24) is 0 Å². The van der Waals surface area contributed by atoms with E-state index in [0.29, 0.717) is 30.4 Å². The van der Waals surface area contributed by atoms with Crippen LogP contribution in [0.1, 0.15) is 65.2 Å². The predicted molar refractivity (Wildman–Crippen MR) is 98.3 cm³/mol. The molecule has 1 aliphatic rings. The molecule has 0 amide bonds. The average molecular weight is 366 g/mol. The number of hydrogen-bond acceptors (Lipinski definition) is 5. The van der Waals surface area contributed by atoms with Gasteiger partial charge in [0.05, 0.1) is 11.7 Å². The molecule has 0 unspecified atom stereocenters. The molecule has 0 aromatic heterocycles. The maximum absolute atomic E-state index is 12.0. The second-order valence-corrected chi connectivity index (χ2v) is 6.65. The monoisotopic (exact) mass is 366 g/mol.